The van der Waals surface area contributed by atoms with Crippen molar-refractivity contribution in [2.24, 2.45) is 0 Å². The smallest absolute Gasteiger partial charge is 0.0410 e. The second-order valence-corrected chi connectivity index (χ2v) is 7.39. The number of rotatable bonds is 6. The number of nitrogens with one attached hydrogen (secondary N) is 1. The van der Waals surface area contributed by atoms with Gasteiger partial charge in [0.25, 0.3) is 0 Å². The van der Waals surface area contributed by atoms with Crippen LogP contribution in [0.5, 0.6) is 0 Å². The quantitative estimate of drug-likeness (QED) is 0.701. The van der Waals surface area contributed by atoms with Crippen LogP contribution in [0.3, 0.4) is 0 Å². The van der Waals surface area contributed by atoms with Gasteiger partial charge in [0.2, 0.25) is 0 Å². The molecule has 0 aliphatic rings. The second-order valence-electron chi connectivity index (χ2n) is 4.47. The first kappa shape index (κ1) is 16.0. The van der Waals surface area contributed by atoms with Gasteiger partial charge >= 0.3 is 0 Å². The van der Waals surface area contributed by atoms with Crippen molar-refractivity contribution < 1.29 is 0 Å². The molecule has 1 aromatic heterocycles. The van der Waals surface area contributed by atoms with Crippen LogP contribution in [0.15, 0.2) is 56.6 Å². The summed E-state index contributed by atoms with van der Waals surface area (Å²) in [4.78, 5) is 5.50. The lowest BCUT2D eigenvalue weighted by Gasteiger charge is -2.16. The van der Waals surface area contributed by atoms with E-state index in [2.05, 4.69) is 66.4 Å². The first-order chi connectivity index (χ1) is 9.67. The summed E-state index contributed by atoms with van der Waals surface area (Å²) in [6.07, 6.45) is 4.72. The summed E-state index contributed by atoms with van der Waals surface area (Å²) in [5, 5.41) is 3.38. The van der Waals surface area contributed by atoms with E-state index in [1.165, 1.54) is 10.5 Å². The molecule has 1 unspecified atom stereocenters. The Morgan fingerprint density at radius 2 is 2.05 bits per heavy atom. The zero-order valence-corrected chi connectivity index (χ0v) is 15.1. The molecule has 2 aromatic rings. The average Bonchev–Trinajstić information content (AvgIpc) is 2.43. The van der Waals surface area contributed by atoms with Gasteiger partial charge < -0.3 is 5.32 Å². The van der Waals surface area contributed by atoms with Crippen molar-refractivity contribution in [3.63, 3.8) is 0 Å². The molecule has 1 aromatic carbocycles. The summed E-state index contributed by atoms with van der Waals surface area (Å²) in [5.41, 5.74) is 1.24. The third-order valence-electron chi connectivity index (χ3n) is 2.90. The fourth-order valence-electron chi connectivity index (χ4n) is 1.85. The third kappa shape index (κ3) is 5.20. The number of halogens is 2. The van der Waals surface area contributed by atoms with Gasteiger partial charge in [-0.1, -0.05) is 22.0 Å². The van der Waals surface area contributed by atoms with Crippen molar-refractivity contribution in [2.45, 2.75) is 17.4 Å². The largest absolute Gasteiger partial charge is 0.316 e. The Morgan fingerprint density at radius 3 is 2.75 bits per heavy atom. The van der Waals surface area contributed by atoms with Gasteiger partial charge in [0.05, 0.1) is 0 Å². The molecule has 106 valence electrons. The Labute approximate surface area is 141 Å². The maximum Gasteiger partial charge on any atom is 0.0410 e. The number of benzene rings is 1. The van der Waals surface area contributed by atoms with E-state index in [4.69, 9.17) is 0 Å². The van der Waals surface area contributed by atoms with Crippen LogP contribution in [0.2, 0.25) is 0 Å². The zero-order valence-electron chi connectivity index (χ0n) is 11.1. The Balaban J connectivity index is 1.92. The van der Waals surface area contributed by atoms with Gasteiger partial charge in [-0.2, -0.15) is 0 Å². The lowest BCUT2D eigenvalue weighted by molar-refractivity contribution is 0.616. The van der Waals surface area contributed by atoms with Crippen molar-refractivity contribution in [2.75, 3.05) is 12.8 Å². The summed E-state index contributed by atoms with van der Waals surface area (Å²) in [5.74, 6) is 1.03. The Bertz CT molecular complexity index is 563. The molecule has 20 heavy (non-hydrogen) atoms. The monoisotopic (exact) mass is 414 g/mol. The van der Waals surface area contributed by atoms with Crippen LogP contribution in [0, 0.1) is 0 Å². The van der Waals surface area contributed by atoms with Crippen LogP contribution in [0.25, 0.3) is 0 Å². The van der Waals surface area contributed by atoms with Crippen LogP contribution < -0.4 is 5.32 Å². The predicted octanol–water partition coefficient (Wildman–Crippen LogP) is 4.53. The average molecular weight is 416 g/mol. The number of pyridine rings is 1. The summed E-state index contributed by atoms with van der Waals surface area (Å²) >= 11 is 8.84. The summed E-state index contributed by atoms with van der Waals surface area (Å²) in [6, 6.07) is 11.0. The molecule has 1 N–H and O–H groups in total. The fraction of sp³-hybridized carbons (Fsp3) is 0.267. The molecule has 5 heteroatoms. The van der Waals surface area contributed by atoms with Crippen molar-refractivity contribution in [3.8, 4) is 0 Å². The van der Waals surface area contributed by atoms with Crippen LogP contribution >= 0.6 is 43.6 Å². The van der Waals surface area contributed by atoms with Crippen LogP contribution in [-0.4, -0.2) is 23.8 Å². The van der Waals surface area contributed by atoms with Crippen molar-refractivity contribution in [1.29, 1.82) is 0 Å². The topological polar surface area (TPSA) is 24.9 Å². The number of likely N-dealkylation sites (N-methyl/N-ethyl adjacent to an activating group) is 1. The lowest BCUT2D eigenvalue weighted by Crippen LogP contribution is -2.30. The summed E-state index contributed by atoms with van der Waals surface area (Å²) < 4.78 is 2.16. The van der Waals surface area contributed by atoms with E-state index < -0.39 is 0 Å². The highest BCUT2D eigenvalue weighted by Gasteiger charge is 2.09. The molecule has 1 atom stereocenters. The van der Waals surface area contributed by atoms with Crippen LogP contribution in [0.4, 0.5) is 0 Å². The molecule has 1 heterocycles. The molecule has 0 spiro atoms. The minimum absolute atomic E-state index is 0.426. The highest BCUT2D eigenvalue weighted by molar-refractivity contribution is 9.10. The Kier molecular flexibility index (Phi) is 6.55. The molecular weight excluding hydrogens is 400 g/mol. The van der Waals surface area contributed by atoms with E-state index in [1.807, 2.05) is 37.3 Å². The Hall–Kier alpha value is -0.360. The van der Waals surface area contributed by atoms with E-state index in [1.54, 1.807) is 0 Å². The van der Waals surface area contributed by atoms with Gasteiger partial charge in [-0.25, -0.2) is 0 Å². The second kappa shape index (κ2) is 8.17. The first-order valence-electron chi connectivity index (χ1n) is 6.32. The predicted molar refractivity (Wildman–Crippen MR) is 93.4 cm³/mol. The normalized spacial score (nSPS) is 12.3. The minimum atomic E-state index is 0.426. The van der Waals surface area contributed by atoms with E-state index in [-0.39, 0.29) is 0 Å². The van der Waals surface area contributed by atoms with Crippen molar-refractivity contribution in [1.82, 2.24) is 10.3 Å². The van der Waals surface area contributed by atoms with E-state index >= 15 is 0 Å². The molecule has 0 aliphatic heterocycles. The number of hydrogen-bond acceptors (Lipinski definition) is 3. The van der Waals surface area contributed by atoms with Crippen molar-refractivity contribution >= 4 is 43.6 Å². The van der Waals surface area contributed by atoms with Crippen molar-refractivity contribution in [3.05, 3.63) is 57.2 Å². The van der Waals surface area contributed by atoms with Gasteiger partial charge in [-0.05, 0) is 59.2 Å². The summed E-state index contributed by atoms with van der Waals surface area (Å²) in [7, 11) is 2.01. The maximum absolute atomic E-state index is 4.21. The maximum atomic E-state index is 4.21. The van der Waals surface area contributed by atoms with Gasteiger partial charge in [-0.3, -0.25) is 4.98 Å². The molecule has 0 radical (unpaired) electrons. The van der Waals surface area contributed by atoms with Gasteiger partial charge in [0.1, 0.15) is 0 Å². The van der Waals surface area contributed by atoms with Gasteiger partial charge in [0, 0.05) is 38.0 Å². The number of hydrogen-bond donors (Lipinski definition) is 1. The third-order valence-corrected chi connectivity index (χ3v) is 4.98. The number of thioether (sulfide) groups is 1. The summed E-state index contributed by atoms with van der Waals surface area (Å²) in [6.45, 7) is 0. The molecule has 2 rings (SSSR count). The molecular formula is C15H16Br2N2S. The standard InChI is InChI=1S/C15H16Br2N2S/c1-18-14(6-11-5-13(17)9-19-8-11)10-20-15-4-2-3-12(16)7-15/h2-5,7-9,14,18H,6,10H2,1H3. The minimum Gasteiger partial charge on any atom is -0.316 e. The highest BCUT2D eigenvalue weighted by atomic mass is 79.9. The first-order valence-corrected chi connectivity index (χ1v) is 8.89. The van der Waals surface area contributed by atoms with Crippen LogP contribution in [-0.2, 0) is 6.42 Å². The zero-order chi connectivity index (χ0) is 14.4. The molecule has 0 amide bonds. The molecule has 0 bridgehead atoms. The van der Waals surface area contributed by atoms with E-state index in [0.29, 0.717) is 6.04 Å². The van der Waals surface area contributed by atoms with E-state index in [9.17, 15) is 0 Å². The highest BCUT2D eigenvalue weighted by Crippen LogP contribution is 2.23. The van der Waals surface area contributed by atoms with E-state index in [0.717, 1.165) is 21.1 Å². The van der Waals surface area contributed by atoms with Gasteiger partial charge in [-0.15, -0.1) is 11.8 Å². The number of nitrogens with zero attached hydrogens (tertiary/aromatic N) is 1. The fourth-order valence-corrected chi connectivity index (χ4v) is 3.88. The molecule has 0 saturated heterocycles. The molecule has 2 nitrogen and oxygen atoms in total. The van der Waals surface area contributed by atoms with Gasteiger partial charge in [0.15, 0.2) is 0 Å². The molecule has 0 aliphatic carbocycles. The molecule has 0 saturated carbocycles. The Morgan fingerprint density at radius 1 is 1.20 bits per heavy atom. The lowest BCUT2D eigenvalue weighted by atomic mass is 10.1. The van der Waals surface area contributed by atoms with Crippen LogP contribution in [0.1, 0.15) is 5.56 Å². The SMILES string of the molecule is CNC(CSc1cccc(Br)c1)Cc1cncc(Br)c1. The molecule has 0 fully saturated rings. The number of aromatic nitrogens is 1.